The average molecular weight is 500 g/mol. The third-order valence-corrected chi connectivity index (χ3v) is 5.90. The van der Waals surface area contributed by atoms with Crippen LogP contribution in [0, 0.1) is 10.1 Å². The molecule has 11 nitrogen and oxygen atoms in total. The van der Waals surface area contributed by atoms with Gasteiger partial charge in [0.25, 0.3) is 5.09 Å². The Balaban J connectivity index is 1.69. The molecule has 2 aromatic carbocycles. The lowest BCUT2D eigenvalue weighted by molar-refractivity contribution is -0.757. The molecule has 3 atom stereocenters. The molecule has 11 heteroatoms. The van der Waals surface area contributed by atoms with Gasteiger partial charge in [-0.2, -0.15) is 0 Å². The summed E-state index contributed by atoms with van der Waals surface area (Å²) in [6.45, 7) is 1.29. The third-order valence-electron chi connectivity index (χ3n) is 5.90. The third kappa shape index (κ3) is 7.01. The molecule has 1 heterocycles. The number of nitrogens with one attached hydrogen (secondary N) is 1. The van der Waals surface area contributed by atoms with Crippen molar-refractivity contribution in [1.82, 2.24) is 5.32 Å². The van der Waals surface area contributed by atoms with Crippen LogP contribution in [0.25, 0.3) is 0 Å². The lowest BCUT2D eigenvalue weighted by atomic mass is 10.0. The predicted molar refractivity (Wildman–Crippen MR) is 129 cm³/mol. The van der Waals surface area contributed by atoms with Gasteiger partial charge < -0.3 is 14.7 Å². The number of ether oxygens (including phenoxy) is 1. The number of esters is 1. The molecule has 36 heavy (non-hydrogen) atoms. The van der Waals surface area contributed by atoms with Gasteiger partial charge in [0.1, 0.15) is 12.1 Å². The van der Waals surface area contributed by atoms with Crippen molar-refractivity contribution in [2.75, 3.05) is 18.1 Å². The van der Waals surface area contributed by atoms with E-state index in [1.165, 1.54) is 4.90 Å². The molecule has 2 N–H and O–H groups in total. The van der Waals surface area contributed by atoms with Crippen LogP contribution in [0.2, 0.25) is 0 Å². The Morgan fingerprint density at radius 3 is 2.53 bits per heavy atom. The molecular weight excluding hydrogens is 470 g/mol. The van der Waals surface area contributed by atoms with Crippen LogP contribution in [0.3, 0.4) is 0 Å². The van der Waals surface area contributed by atoms with Crippen molar-refractivity contribution in [3.63, 3.8) is 0 Å². The number of carbonyl (C=O) groups is 3. The molecule has 1 amide bonds. The summed E-state index contributed by atoms with van der Waals surface area (Å²) in [6.07, 6.45) is 1.20. The van der Waals surface area contributed by atoms with Crippen LogP contribution in [-0.4, -0.2) is 59.4 Å². The maximum atomic E-state index is 13.4. The van der Waals surface area contributed by atoms with E-state index in [0.717, 1.165) is 11.1 Å². The molecule has 0 aliphatic carbocycles. The van der Waals surface area contributed by atoms with Crippen molar-refractivity contribution in [1.29, 1.82) is 0 Å². The Bertz CT molecular complexity index is 1080. The maximum Gasteiger partial charge on any atom is 0.327 e. The number of anilines is 1. The normalized spacial score (nSPS) is 16.0. The Morgan fingerprint density at radius 2 is 1.83 bits per heavy atom. The first-order valence-electron chi connectivity index (χ1n) is 11.7. The fourth-order valence-corrected chi connectivity index (χ4v) is 4.13. The van der Waals surface area contributed by atoms with E-state index in [1.54, 1.807) is 31.2 Å². The molecule has 0 saturated carbocycles. The van der Waals surface area contributed by atoms with E-state index in [4.69, 9.17) is 4.74 Å². The smallest absolute Gasteiger partial charge is 0.327 e. The number of carboxylic acid groups (broad SMARTS) is 1. The SMILES string of the molecule is CC(NC(CCc1ccccc1)C(=O)OCCCO[N+](=O)[O-])C(=O)N1c2ccccc2CC1C(=O)O. The molecule has 0 spiro atoms. The molecule has 2 aromatic rings. The zero-order valence-electron chi connectivity index (χ0n) is 19.9. The Morgan fingerprint density at radius 1 is 1.14 bits per heavy atom. The van der Waals surface area contributed by atoms with Crippen LogP contribution < -0.4 is 10.2 Å². The van der Waals surface area contributed by atoms with Gasteiger partial charge in [-0.05, 0) is 37.0 Å². The summed E-state index contributed by atoms with van der Waals surface area (Å²) in [4.78, 5) is 53.8. The summed E-state index contributed by atoms with van der Waals surface area (Å²) in [6, 6.07) is 13.7. The fourth-order valence-electron chi connectivity index (χ4n) is 4.13. The first kappa shape index (κ1) is 26.6. The number of amides is 1. The number of aryl methyl sites for hydroxylation is 1. The number of carbonyl (C=O) groups excluding carboxylic acids is 2. The second-order valence-electron chi connectivity index (χ2n) is 8.44. The predicted octanol–water partition coefficient (Wildman–Crippen LogP) is 2.15. The van der Waals surface area contributed by atoms with E-state index in [2.05, 4.69) is 10.2 Å². The van der Waals surface area contributed by atoms with Crippen LogP contribution in [0.1, 0.15) is 30.9 Å². The molecule has 0 fully saturated rings. The van der Waals surface area contributed by atoms with Crippen LogP contribution in [0.4, 0.5) is 5.69 Å². The topological polar surface area (TPSA) is 148 Å². The highest BCUT2D eigenvalue weighted by Crippen LogP contribution is 2.32. The second-order valence-corrected chi connectivity index (χ2v) is 8.44. The zero-order valence-corrected chi connectivity index (χ0v) is 19.9. The van der Waals surface area contributed by atoms with Gasteiger partial charge in [0, 0.05) is 18.5 Å². The largest absolute Gasteiger partial charge is 0.480 e. The van der Waals surface area contributed by atoms with Crippen molar-refractivity contribution in [2.24, 2.45) is 0 Å². The van der Waals surface area contributed by atoms with Gasteiger partial charge >= 0.3 is 11.9 Å². The van der Waals surface area contributed by atoms with E-state index in [1.807, 2.05) is 30.3 Å². The first-order valence-corrected chi connectivity index (χ1v) is 11.7. The molecule has 0 aromatic heterocycles. The Labute approximate surface area is 208 Å². The van der Waals surface area contributed by atoms with Crippen LogP contribution >= 0.6 is 0 Å². The van der Waals surface area contributed by atoms with Crippen molar-refractivity contribution in [2.45, 2.75) is 50.7 Å². The summed E-state index contributed by atoms with van der Waals surface area (Å²) in [5, 5.41) is 22.1. The molecule has 0 bridgehead atoms. The summed E-state index contributed by atoms with van der Waals surface area (Å²) >= 11 is 0. The van der Waals surface area contributed by atoms with Crippen LogP contribution in [-0.2, 0) is 36.8 Å². The zero-order chi connectivity index (χ0) is 26.1. The van der Waals surface area contributed by atoms with Crippen molar-refractivity contribution >= 4 is 23.5 Å². The van der Waals surface area contributed by atoms with Gasteiger partial charge in [0.15, 0.2) is 0 Å². The van der Waals surface area contributed by atoms with Crippen molar-refractivity contribution in [3.05, 3.63) is 75.8 Å². The number of carboxylic acids is 1. The number of para-hydroxylation sites is 1. The quantitative estimate of drug-likeness (QED) is 0.183. The van der Waals surface area contributed by atoms with E-state index in [0.29, 0.717) is 18.5 Å². The van der Waals surface area contributed by atoms with Gasteiger partial charge in [-0.25, -0.2) is 4.79 Å². The maximum absolute atomic E-state index is 13.4. The highest BCUT2D eigenvalue weighted by atomic mass is 16.9. The number of aliphatic carboxylic acids is 1. The Hall–Kier alpha value is -3.99. The van der Waals surface area contributed by atoms with E-state index in [9.17, 15) is 29.6 Å². The minimum atomic E-state index is -1.11. The fraction of sp³-hybridized carbons (Fsp3) is 0.400. The summed E-state index contributed by atoms with van der Waals surface area (Å²) in [5.41, 5.74) is 2.30. The standard InChI is InChI=1S/C25H29N3O8/c1-17(23(29)27-21-11-6-5-10-19(21)16-22(27)24(30)31)26-20(13-12-18-8-3-2-4-9-18)25(32)35-14-7-15-36-28(33)34/h2-6,8-11,17,20,22,26H,7,12-16H2,1H3,(H,30,31). The molecule has 3 rings (SSSR count). The summed E-state index contributed by atoms with van der Waals surface area (Å²) in [7, 11) is 0. The summed E-state index contributed by atoms with van der Waals surface area (Å²) < 4.78 is 5.27. The van der Waals surface area contributed by atoms with Gasteiger partial charge in [-0.1, -0.05) is 48.5 Å². The van der Waals surface area contributed by atoms with E-state index in [-0.39, 0.29) is 26.1 Å². The number of nitrogens with zero attached hydrogens (tertiary/aromatic N) is 2. The highest BCUT2D eigenvalue weighted by molar-refractivity contribution is 6.04. The molecule has 1 aliphatic heterocycles. The lowest BCUT2D eigenvalue weighted by Crippen LogP contribution is -2.54. The lowest BCUT2D eigenvalue weighted by Gasteiger charge is -2.28. The number of benzene rings is 2. The van der Waals surface area contributed by atoms with Gasteiger partial charge in [-0.15, -0.1) is 10.1 Å². The molecule has 192 valence electrons. The Kier molecular flexibility index (Phi) is 9.34. The number of rotatable bonds is 13. The molecule has 0 saturated heterocycles. The van der Waals surface area contributed by atoms with E-state index < -0.39 is 41.1 Å². The molecular formula is C25H29N3O8. The number of hydrogen-bond donors (Lipinski definition) is 2. The summed E-state index contributed by atoms with van der Waals surface area (Å²) in [5.74, 6) is -2.18. The highest BCUT2D eigenvalue weighted by Gasteiger charge is 2.40. The molecule has 1 aliphatic rings. The number of hydrogen-bond acceptors (Lipinski definition) is 8. The second kappa shape index (κ2) is 12.6. The minimum absolute atomic E-state index is 0.0842. The molecule has 3 unspecified atom stereocenters. The van der Waals surface area contributed by atoms with Crippen LogP contribution in [0.5, 0.6) is 0 Å². The van der Waals surface area contributed by atoms with Crippen molar-refractivity contribution in [3.8, 4) is 0 Å². The number of fused-ring (bicyclic) bond motifs is 1. The van der Waals surface area contributed by atoms with Crippen molar-refractivity contribution < 1.29 is 34.2 Å². The average Bonchev–Trinajstić information content (AvgIpc) is 3.26. The van der Waals surface area contributed by atoms with Gasteiger partial charge in [0.05, 0.1) is 19.3 Å². The molecule has 0 radical (unpaired) electrons. The minimum Gasteiger partial charge on any atom is -0.480 e. The van der Waals surface area contributed by atoms with Gasteiger partial charge in [-0.3, -0.25) is 19.8 Å². The van der Waals surface area contributed by atoms with Crippen LogP contribution in [0.15, 0.2) is 54.6 Å². The monoisotopic (exact) mass is 499 g/mol. The first-order chi connectivity index (χ1) is 17.3. The van der Waals surface area contributed by atoms with Gasteiger partial charge in [0.2, 0.25) is 5.91 Å². The van der Waals surface area contributed by atoms with E-state index >= 15 is 0 Å².